The summed E-state index contributed by atoms with van der Waals surface area (Å²) in [7, 11) is 0. The maximum absolute atomic E-state index is 13.1. The van der Waals surface area contributed by atoms with Crippen LogP contribution in [0.5, 0.6) is 5.75 Å². The number of piperidine rings is 1. The minimum absolute atomic E-state index is 0.0414. The van der Waals surface area contributed by atoms with E-state index in [2.05, 4.69) is 14.8 Å². The summed E-state index contributed by atoms with van der Waals surface area (Å²) in [5, 5.41) is 1.08. The molecule has 2 saturated heterocycles. The second kappa shape index (κ2) is 9.90. The molecule has 0 radical (unpaired) electrons. The van der Waals surface area contributed by atoms with E-state index in [1.54, 1.807) is 11.3 Å². The quantitative estimate of drug-likeness (QED) is 0.623. The molecule has 0 unspecified atom stereocenters. The molecule has 0 amide bonds. The molecular formula is C23H31N3O3S. The van der Waals surface area contributed by atoms with Crippen LogP contribution in [0.4, 0.5) is 5.13 Å². The summed E-state index contributed by atoms with van der Waals surface area (Å²) in [4.78, 5) is 23.7. The van der Waals surface area contributed by atoms with Crippen molar-refractivity contribution in [2.45, 2.75) is 39.3 Å². The normalized spacial score (nSPS) is 20.5. The molecule has 7 heteroatoms. The van der Waals surface area contributed by atoms with Gasteiger partial charge in [0, 0.05) is 48.7 Å². The molecular weight excluding hydrogens is 398 g/mol. The third-order valence-electron chi connectivity index (χ3n) is 5.57. The molecule has 0 aliphatic carbocycles. The standard InChI is InChI=1S/C23H31N3O3S/c1-17(2)29-20-7-3-5-18(13-20)22(27)19-6-4-8-25(15-19)16-21-14-24-23(30-21)26-9-11-28-12-10-26/h3,5,7,13-14,17,19H,4,6,8-12,15-16H2,1-2H3/t19-/m0/s1. The molecule has 6 nitrogen and oxygen atoms in total. The van der Waals surface area contributed by atoms with Crippen molar-refractivity contribution in [1.82, 2.24) is 9.88 Å². The van der Waals surface area contributed by atoms with Crippen LogP contribution in [0.2, 0.25) is 0 Å². The van der Waals surface area contributed by atoms with Crippen molar-refractivity contribution >= 4 is 22.3 Å². The SMILES string of the molecule is CC(C)Oc1cccc(C(=O)[C@H]2CCCN(Cc3cnc(N4CCOCC4)s3)C2)c1. The number of aromatic nitrogens is 1. The molecule has 30 heavy (non-hydrogen) atoms. The van der Waals surface area contributed by atoms with Crippen LogP contribution in [0.3, 0.4) is 0 Å². The number of hydrogen-bond acceptors (Lipinski definition) is 7. The fraction of sp³-hybridized carbons (Fsp3) is 0.565. The Hall–Kier alpha value is -1.96. The smallest absolute Gasteiger partial charge is 0.185 e. The largest absolute Gasteiger partial charge is 0.491 e. The second-order valence-corrected chi connectivity index (χ2v) is 9.44. The molecule has 1 aromatic heterocycles. The van der Waals surface area contributed by atoms with Gasteiger partial charge >= 0.3 is 0 Å². The third-order valence-corrected chi connectivity index (χ3v) is 6.61. The van der Waals surface area contributed by atoms with Gasteiger partial charge in [-0.25, -0.2) is 4.98 Å². The molecule has 0 saturated carbocycles. The minimum Gasteiger partial charge on any atom is -0.491 e. The summed E-state index contributed by atoms with van der Waals surface area (Å²) in [5.74, 6) is 1.04. The zero-order chi connectivity index (χ0) is 20.9. The Morgan fingerprint density at radius 2 is 2.13 bits per heavy atom. The fourth-order valence-electron chi connectivity index (χ4n) is 4.14. The topological polar surface area (TPSA) is 54.9 Å². The third kappa shape index (κ3) is 5.39. The molecule has 1 atom stereocenters. The number of carbonyl (C=O) groups excluding carboxylic acids is 1. The van der Waals surface area contributed by atoms with Gasteiger partial charge in [-0.05, 0) is 45.4 Å². The van der Waals surface area contributed by atoms with Crippen LogP contribution in [-0.2, 0) is 11.3 Å². The highest BCUT2D eigenvalue weighted by Gasteiger charge is 2.27. The number of thiazole rings is 1. The van der Waals surface area contributed by atoms with E-state index in [1.165, 1.54) is 4.88 Å². The summed E-state index contributed by atoms with van der Waals surface area (Å²) in [6, 6.07) is 7.63. The molecule has 1 aromatic carbocycles. The molecule has 2 aliphatic rings. The monoisotopic (exact) mass is 429 g/mol. The van der Waals surface area contributed by atoms with Crippen molar-refractivity contribution in [1.29, 1.82) is 0 Å². The maximum Gasteiger partial charge on any atom is 0.185 e. The number of carbonyl (C=O) groups is 1. The molecule has 0 spiro atoms. The highest BCUT2D eigenvalue weighted by molar-refractivity contribution is 7.15. The number of likely N-dealkylation sites (tertiary alicyclic amines) is 1. The highest BCUT2D eigenvalue weighted by atomic mass is 32.1. The first-order valence-corrected chi connectivity index (χ1v) is 11.7. The van der Waals surface area contributed by atoms with Crippen molar-refractivity contribution in [3.05, 3.63) is 40.9 Å². The number of Topliss-reactive ketones (excluding diaryl/α,β-unsaturated/α-hetero) is 1. The van der Waals surface area contributed by atoms with Gasteiger partial charge in [0.25, 0.3) is 0 Å². The van der Waals surface area contributed by atoms with Crippen LogP contribution in [-0.4, -0.2) is 61.2 Å². The maximum atomic E-state index is 13.1. The molecule has 0 N–H and O–H groups in total. The first-order valence-electron chi connectivity index (χ1n) is 10.9. The highest BCUT2D eigenvalue weighted by Crippen LogP contribution is 2.28. The fourth-order valence-corrected chi connectivity index (χ4v) is 5.14. The number of anilines is 1. The zero-order valence-corrected chi connectivity index (χ0v) is 18.7. The van der Waals surface area contributed by atoms with Crippen molar-refractivity contribution in [3.63, 3.8) is 0 Å². The van der Waals surface area contributed by atoms with E-state index in [0.29, 0.717) is 0 Å². The van der Waals surface area contributed by atoms with E-state index in [-0.39, 0.29) is 17.8 Å². The van der Waals surface area contributed by atoms with E-state index in [0.717, 1.165) is 75.2 Å². The van der Waals surface area contributed by atoms with Gasteiger partial charge in [-0.3, -0.25) is 9.69 Å². The number of ketones is 1. The molecule has 162 valence electrons. The summed E-state index contributed by atoms with van der Waals surface area (Å²) in [6.45, 7) is 10.1. The van der Waals surface area contributed by atoms with Crippen LogP contribution < -0.4 is 9.64 Å². The van der Waals surface area contributed by atoms with Gasteiger partial charge in [-0.15, -0.1) is 11.3 Å². The van der Waals surface area contributed by atoms with Gasteiger partial charge in [0.1, 0.15) is 5.75 Å². The Balaban J connectivity index is 1.36. The summed E-state index contributed by atoms with van der Waals surface area (Å²) < 4.78 is 11.2. The minimum atomic E-state index is 0.0414. The predicted molar refractivity (Wildman–Crippen MR) is 120 cm³/mol. The van der Waals surface area contributed by atoms with Crippen molar-refractivity contribution in [2.24, 2.45) is 5.92 Å². The van der Waals surface area contributed by atoms with Crippen molar-refractivity contribution in [2.75, 3.05) is 44.3 Å². The first-order chi connectivity index (χ1) is 14.6. The average Bonchev–Trinajstić information content (AvgIpc) is 3.22. The lowest BCUT2D eigenvalue weighted by atomic mass is 9.90. The molecule has 2 fully saturated rings. The van der Waals surface area contributed by atoms with Gasteiger partial charge in [0.15, 0.2) is 10.9 Å². The number of hydrogen-bond donors (Lipinski definition) is 0. The Labute approximate surface area is 182 Å². The van der Waals surface area contributed by atoms with Gasteiger partial charge in [0.2, 0.25) is 0 Å². The zero-order valence-electron chi connectivity index (χ0n) is 17.9. The second-order valence-electron chi connectivity index (χ2n) is 8.34. The molecule has 4 rings (SSSR count). The number of benzene rings is 1. The Morgan fingerprint density at radius 3 is 2.93 bits per heavy atom. The van der Waals surface area contributed by atoms with E-state index in [4.69, 9.17) is 9.47 Å². The summed E-state index contributed by atoms with van der Waals surface area (Å²) in [6.07, 6.45) is 4.09. The van der Waals surface area contributed by atoms with Gasteiger partial charge < -0.3 is 14.4 Å². The van der Waals surface area contributed by atoms with Crippen molar-refractivity contribution < 1.29 is 14.3 Å². The lowest BCUT2D eigenvalue weighted by molar-refractivity contribution is 0.0812. The van der Waals surface area contributed by atoms with Gasteiger partial charge in [0.05, 0.1) is 19.3 Å². The van der Waals surface area contributed by atoms with E-state index in [9.17, 15) is 4.79 Å². The predicted octanol–water partition coefficient (Wildman–Crippen LogP) is 3.86. The van der Waals surface area contributed by atoms with Crippen LogP contribution in [0, 0.1) is 5.92 Å². The molecule has 2 aromatic rings. The lowest BCUT2D eigenvalue weighted by Crippen LogP contribution is -2.38. The number of nitrogens with zero attached hydrogens (tertiary/aromatic N) is 3. The van der Waals surface area contributed by atoms with E-state index >= 15 is 0 Å². The lowest BCUT2D eigenvalue weighted by Gasteiger charge is -2.31. The number of morpholine rings is 1. The molecule has 0 bridgehead atoms. The number of rotatable bonds is 7. The van der Waals surface area contributed by atoms with Crippen LogP contribution in [0.1, 0.15) is 41.9 Å². The van der Waals surface area contributed by atoms with Crippen molar-refractivity contribution in [3.8, 4) is 5.75 Å². The van der Waals surface area contributed by atoms with E-state index in [1.807, 2.05) is 44.3 Å². The van der Waals surface area contributed by atoms with Crippen LogP contribution >= 0.6 is 11.3 Å². The Bertz CT molecular complexity index is 848. The van der Waals surface area contributed by atoms with Crippen LogP contribution in [0.25, 0.3) is 0 Å². The molecule has 3 heterocycles. The number of ether oxygens (including phenoxy) is 2. The molecule has 2 aliphatic heterocycles. The summed E-state index contributed by atoms with van der Waals surface area (Å²) in [5.41, 5.74) is 0.757. The summed E-state index contributed by atoms with van der Waals surface area (Å²) >= 11 is 1.76. The van der Waals surface area contributed by atoms with Crippen LogP contribution in [0.15, 0.2) is 30.5 Å². The average molecular weight is 430 g/mol. The first kappa shape index (κ1) is 21.3. The Kier molecular flexibility index (Phi) is 7.02. The van der Waals surface area contributed by atoms with Gasteiger partial charge in [-0.2, -0.15) is 0 Å². The Morgan fingerprint density at radius 1 is 1.30 bits per heavy atom. The van der Waals surface area contributed by atoms with E-state index < -0.39 is 0 Å². The van der Waals surface area contributed by atoms with Gasteiger partial charge in [-0.1, -0.05) is 12.1 Å².